The van der Waals surface area contributed by atoms with Crippen molar-refractivity contribution in [2.75, 3.05) is 26.7 Å². The van der Waals surface area contributed by atoms with Crippen molar-refractivity contribution in [3.8, 4) is 5.75 Å². The van der Waals surface area contributed by atoms with Gasteiger partial charge in [0.1, 0.15) is 5.75 Å². The van der Waals surface area contributed by atoms with Gasteiger partial charge in [0.2, 0.25) is 15.9 Å². The van der Waals surface area contributed by atoms with Crippen LogP contribution in [0.2, 0.25) is 0 Å². The van der Waals surface area contributed by atoms with E-state index in [4.69, 9.17) is 4.74 Å². The minimum Gasteiger partial charge on any atom is -0.496 e. The SMILES string of the molecule is CCN(Cc1ccccc1)C(=O)CCc1cc(S(=O)(=O)N2CCCCC2)ccc1OC. The molecule has 6 nitrogen and oxygen atoms in total. The first-order valence-electron chi connectivity index (χ1n) is 10.9. The molecular formula is C24H32N2O4S. The summed E-state index contributed by atoms with van der Waals surface area (Å²) in [4.78, 5) is 14.9. The summed E-state index contributed by atoms with van der Waals surface area (Å²) in [6.07, 6.45) is 3.58. The van der Waals surface area contributed by atoms with Crippen molar-refractivity contribution in [1.29, 1.82) is 0 Å². The van der Waals surface area contributed by atoms with Crippen molar-refractivity contribution in [2.45, 2.75) is 50.5 Å². The van der Waals surface area contributed by atoms with E-state index in [2.05, 4.69) is 0 Å². The van der Waals surface area contributed by atoms with Crippen molar-refractivity contribution in [3.63, 3.8) is 0 Å². The standard InChI is InChI=1S/C24H32N2O4S/c1-3-25(19-20-10-6-4-7-11-20)24(27)15-12-21-18-22(13-14-23(21)30-2)31(28,29)26-16-8-5-9-17-26/h4,6-7,10-11,13-14,18H,3,5,8-9,12,15-17,19H2,1-2H3. The summed E-state index contributed by atoms with van der Waals surface area (Å²) in [6, 6.07) is 14.9. The average molecular weight is 445 g/mol. The van der Waals surface area contributed by atoms with Crippen LogP contribution in [0.1, 0.15) is 43.7 Å². The molecule has 1 saturated heterocycles. The molecule has 2 aromatic carbocycles. The van der Waals surface area contributed by atoms with E-state index in [0.29, 0.717) is 44.8 Å². The molecule has 0 unspecified atom stereocenters. The van der Waals surface area contributed by atoms with Crippen molar-refractivity contribution < 1.29 is 17.9 Å². The Kier molecular flexibility index (Phi) is 8.09. The van der Waals surface area contributed by atoms with Crippen molar-refractivity contribution in [3.05, 3.63) is 59.7 Å². The topological polar surface area (TPSA) is 66.9 Å². The molecule has 1 aliphatic heterocycles. The minimum absolute atomic E-state index is 0.0395. The molecule has 0 N–H and O–H groups in total. The minimum atomic E-state index is -3.53. The molecule has 168 valence electrons. The fraction of sp³-hybridized carbons (Fsp3) is 0.458. The molecule has 0 spiro atoms. The number of carbonyl (C=O) groups is 1. The van der Waals surface area contributed by atoms with Crippen molar-refractivity contribution >= 4 is 15.9 Å². The summed E-state index contributed by atoms with van der Waals surface area (Å²) in [5, 5.41) is 0. The molecule has 0 aromatic heterocycles. The molecule has 2 aromatic rings. The molecule has 0 saturated carbocycles. The van der Waals surface area contributed by atoms with E-state index in [0.717, 1.165) is 30.4 Å². The van der Waals surface area contributed by atoms with Gasteiger partial charge in [-0.2, -0.15) is 4.31 Å². The zero-order valence-electron chi connectivity index (χ0n) is 18.4. The normalized spacial score (nSPS) is 14.9. The van der Waals surface area contributed by atoms with Crippen LogP contribution in [0.4, 0.5) is 0 Å². The first-order valence-corrected chi connectivity index (χ1v) is 12.4. The molecule has 0 radical (unpaired) electrons. The number of hydrogen-bond donors (Lipinski definition) is 0. The highest BCUT2D eigenvalue weighted by Crippen LogP contribution is 2.27. The highest BCUT2D eigenvalue weighted by atomic mass is 32.2. The maximum absolute atomic E-state index is 13.0. The number of ether oxygens (including phenoxy) is 1. The van der Waals surface area contributed by atoms with E-state index >= 15 is 0 Å². The van der Waals surface area contributed by atoms with E-state index in [9.17, 15) is 13.2 Å². The van der Waals surface area contributed by atoms with Gasteiger partial charge in [-0.3, -0.25) is 4.79 Å². The van der Waals surface area contributed by atoms with Gasteiger partial charge in [0.05, 0.1) is 12.0 Å². The predicted molar refractivity (Wildman–Crippen MR) is 121 cm³/mol. The Balaban J connectivity index is 1.72. The van der Waals surface area contributed by atoms with E-state index in [1.165, 1.54) is 0 Å². The van der Waals surface area contributed by atoms with Gasteiger partial charge in [0.15, 0.2) is 0 Å². The lowest BCUT2D eigenvalue weighted by Gasteiger charge is -2.26. The lowest BCUT2D eigenvalue weighted by molar-refractivity contribution is -0.131. The molecular weight excluding hydrogens is 412 g/mol. The predicted octanol–water partition coefficient (Wildman–Crippen LogP) is 3.85. The quantitative estimate of drug-likeness (QED) is 0.589. The second-order valence-electron chi connectivity index (χ2n) is 7.83. The fourth-order valence-electron chi connectivity index (χ4n) is 3.94. The summed E-state index contributed by atoms with van der Waals surface area (Å²) in [7, 11) is -1.96. The summed E-state index contributed by atoms with van der Waals surface area (Å²) in [5.41, 5.74) is 1.83. The summed E-state index contributed by atoms with van der Waals surface area (Å²) < 4.78 is 33.1. The molecule has 1 amide bonds. The number of hydrogen-bond acceptors (Lipinski definition) is 4. The Morgan fingerprint density at radius 2 is 1.77 bits per heavy atom. The Morgan fingerprint density at radius 1 is 1.06 bits per heavy atom. The third-order valence-corrected chi connectivity index (χ3v) is 7.66. The van der Waals surface area contributed by atoms with Crippen LogP contribution < -0.4 is 4.74 Å². The van der Waals surface area contributed by atoms with Crippen LogP contribution in [0.15, 0.2) is 53.4 Å². The largest absolute Gasteiger partial charge is 0.496 e. The number of nitrogens with zero attached hydrogens (tertiary/aromatic N) is 2. The van der Waals surface area contributed by atoms with Gasteiger partial charge in [-0.1, -0.05) is 36.8 Å². The van der Waals surface area contributed by atoms with Crippen LogP contribution in [-0.4, -0.2) is 50.3 Å². The highest BCUT2D eigenvalue weighted by Gasteiger charge is 2.26. The van der Waals surface area contributed by atoms with Crippen molar-refractivity contribution in [2.24, 2.45) is 0 Å². The summed E-state index contributed by atoms with van der Waals surface area (Å²) in [6.45, 7) is 4.28. The number of benzene rings is 2. The van der Waals surface area contributed by atoms with E-state index in [-0.39, 0.29) is 10.8 Å². The van der Waals surface area contributed by atoms with Crippen LogP contribution in [0.25, 0.3) is 0 Å². The third kappa shape index (κ3) is 5.86. The number of carbonyl (C=O) groups excluding carboxylic acids is 1. The molecule has 1 aliphatic rings. The molecule has 1 fully saturated rings. The Bertz CT molecular complexity index is 970. The first kappa shape index (κ1) is 23.3. The number of aryl methyl sites for hydroxylation is 1. The first-order chi connectivity index (χ1) is 15.0. The third-order valence-electron chi connectivity index (χ3n) is 5.76. The molecule has 3 rings (SSSR count). The average Bonchev–Trinajstić information content (AvgIpc) is 2.82. The van der Waals surface area contributed by atoms with Gasteiger partial charge < -0.3 is 9.64 Å². The molecule has 0 aliphatic carbocycles. The highest BCUT2D eigenvalue weighted by molar-refractivity contribution is 7.89. The second kappa shape index (κ2) is 10.8. The molecule has 0 bridgehead atoms. The molecule has 31 heavy (non-hydrogen) atoms. The van der Waals surface area contributed by atoms with Crippen LogP contribution in [0, 0.1) is 0 Å². The lowest BCUT2D eigenvalue weighted by Crippen LogP contribution is -2.35. The van der Waals surface area contributed by atoms with Crippen LogP contribution >= 0.6 is 0 Å². The Morgan fingerprint density at radius 3 is 2.42 bits per heavy atom. The van der Waals surface area contributed by atoms with Gasteiger partial charge >= 0.3 is 0 Å². The van der Waals surface area contributed by atoms with Crippen LogP contribution in [0.3, 0.4) is 0 Å². The van der Waals surface area contributed by atoms with Gasteiger partial charge in [-0.05, 0) is 55.5 Å². The van der Waals surface area contributed by atoms with E-state index < -0.39 is 10.0 Å². The number of rotatable bonds is 9. The smallest absolute Gasteiger partial charge is 0.243 e. The Labute approximate surface area is 185 Å². The molecule has 1 heterocycles. The Hall–Kier alpha value is -2.38. The zero-order chi connectivity index (χ0) is 22.3. The maximum Gasteiger partial charge on any atom is 0.243 e. The van der Waals surface area contributed by atoms with Crippen LogP contribution in [-0.2, 0) is 27.8 Å². The van der Waals surface area contributed by atoms with E-state index in [1.807, 2.05) is 42.2 Å². The zero-order valence-corrected chi connectivity index (χ0v) is 19.2. The van der Waals surface area contributed by atoms with Gasteiger partial charge in [0, 0.05) is 32.6 Å². The number of amides is 1. The number of methoxy groups -OCH3 is 1. The summed E-state index contributed by atoms with van der Waals surface area (Å²) >= 11 is 0. The maximum atomic E-state index is 13.0. The molecule has 7 heteroatoms. The number of piperidine rings is 1. The van der Waals surface area contributed by atoms with Gasteiger partial charge in [0.25, 0.3) is 0 Å². The monoisotopic (exact) mass is 444 g/mol. The van der Waals surface area contributed by atoms with Crippen LogP contribution in [0.5, 0.6) is 5.75 Å². The van der Waals surface area contributed by atoms with Gasteiger partial charge in [-0.15, -0.1) is 0 Å². The summed E-state index contributed by atoms with van der Waals surface area (Å²) in [5.74, 6) is 0.647. The molecule has 0 atom stereocenters. The van der Waals surface area contributed by atoms with E-state index in [1.54, 1.807) is 29.6 Å². The van der Waals surface area contributed by atoms with Crippen molar-refractivity contribution in [1.82, 2.24) is 9.21 Å². The van der Waals surface area contributed by atoms with Gasteiger partial charge in [-0.25, -0.2) is 8.42 Å². The second-order valence-corrected chi connectivity index (χ2v) is 9.77. The lowest BCUT2D eigenvalue weighted by atomic mass is 10.1. The number of sulfonamides is 1. The fourth-order valence-corrected chi connectivity index (χ4v) is 5.51.